The van der Waals surface area contributed by atoms with Crippen LogP contribution in [0.25, 0.3) is 44.5 Å². The molecule has 2 aromatic heterocycles. The number of amides is 4. The standard InChI is InChI=1S/C53H66N8O6/c1-27(2)46(58-52(64)66-8)50(62)60-25-29(5)20-42(60)48-54-24-41(57-48)33-12-10-32(11-13-33)37-17-18-38(44-35-14-16-36(45(37)44)31(7)22-35)34-15-19-39-40(23-34)56-49(55-39)43-21-30(6)26-61(43)51(63)47(28(3)4)59-53(65)67-9/h10-13,15,17-19,23-24,27-31,35-36,42-43,46-47H,14,16,20-22,25-26H2,1-9H3,(H,54,57)(H,55,56)(H,58,64)(H,59,65)/t29-,30-,31?,35?,36?,42-,43-,46-,47-/m0/s1. The maximum atomic E-state index is 14.0. The Morgan fingerprint density at radius 3 is 1.79 bits per heavy atom. The second-order valence-corrected chi connectivity index (χ2v) is 20.6. The first-order valence-corrected chi connectivity index (χ1v) is 24.3. The number of aromatic nitrogens is 4. The monoisotopic (exact) mass is 911 g/mol. The van der Waals surface area contributed by atoms with E-state index >= 15 is 0 Å². The van der Waals surface area contributed by atoms with Crippen LogP contribution in [0.5, 0.6) is 0 Å². The van der Waals surface area contributed by atoms with Crippen LogP contribution in [-0.4, -0.2) is 93.1 Å². The van der Waals surface area contributed by atoms with Crippen LogP contribution in [0.4, 0.5) is 9.59 Å². The van der Waals surface area contributed by atoms with Crippen molar-refractivity contribution < 1.29 is 28.7 Å². The number of nitrogens with zero attached hydrogens (tertiary/aromatic N) is 4. The Bertz CT molecular complexity index is 2670. The van der Waals surface area contributed by atoms with Gasteiger partial charge >= 0.3 is 12.2 Å². The van der Waals surface area contributed by atoms with Gasteiger partial charge in [0.15, 0.2) is 0 Å². The van der Waals surface area contributed by atoms with Gasteiger partial charge in [-0.3, -0.25) is 9.59 Å². The van der Waals surface area contributed by atoms with Crippen molar-refractivity contribution in [3.8, 4) is 33.5 Å². The number of H-pyrrole nitrogens is 2. The van der Waals surface area contributed by atoms with Gasteiger partial charge in [-0.05, 0) is 125 Å². The number of hydrogen-bond donors (Lipinski definition) is 4. The number of fused-ring (bicyclic) bond motifs is 3. The number of carbonyl (C=O) groups excluding carboxylic acids is 4. The Morgan fingerprint density at radius 2 is 1.22 bits per heavy atom. The number of rotatable bonds is 11. The molecule has 67 heavy (non-hydrogen) atoms. The van der Waals surface area contributed by atoms with Gasteiger partial charge in [-0.2, -0.15) is 0 Å². The van der Waals surface area contributed by atoms with Gasteiger partial charge in [-0.1, -0.05) is 90.9 Å². The van der Waals surface area contributed by atoms with E-state index < -0.39 is 24.3 Å². The van der Waals surface area contributed by atoms with Gasteiger partial charge in [0.25, 0.3) is 0 Å². The van der Waals surface area contributed by atoms with Gasteiger partial charge in [0, 0.05) is 13.1 Å². The van der Waals surface area contributed by atoms with Crippen molar-refractivity contribution >= 4 is 35.0 Å². The number of nitrogens with one attached hydrogen (secondary N) is 4. The van der Waals surface area contributed by atoms with E-state index in [9.17, 15) is 19.2 Å². The van der Waals surface area contributed by atoms with E-state index in [4.69, 9.17) is 19.4 Å². The number of imidazole rings is 2. The number of likely N-dealkylation sites (tertiary alicyclic amines) is 2. The summed E-state index contributed by atoms with van der Waals surface area (Å²) in [5.74, 6) is 3.12. The quantitative estimate of drug-likeness (QED) is 0.101. The van der Waals surface area contributed by atoms with Crippen molar-refractivity contribution in [2.45, 2.75) is 117 Å². The molecule has 3 fully saturated rings. The molecule has 2 saturated heterocycles. The summed E-state index contributed by atoms with van der Waals surface area (Å²) in [6.45, 7) is 15.6. The molecular formula is C53H66N8O6. The van der Waals surface area contributed by atoms with Gasteiger partial charge in [-0.25, -0.2) is 19.6 Å². The second kappa shape index (κ2) is 18.5. The largest absolute Gasteiger partial charge is 0.453 e. The molecule has 4 N–H and O–H groups in total. The van der Waals surface area contributed by atoms with E-state index in [0.717, 1.165) is 52.3 Å². The third kappa shape index (κ3) is 8.68. The summed E-state index contributed by atoms with van der Waals surface area (Å²) in [4.78, 5) is 73.0. The molecule has 354 valence electrons. The minimum atomic E-state index is -0.702. The summed E-state index contributed by atoms with van der Waals surface area (Å²) in [7, 11) is 2.62. The molecule has 1 saturated carbocycles. The fourth-order valence-corrected chi connectivity index (χ4v) is 11.8. The summed E-state index contributed by atoms with van der Waals surface area (Å²) < 4.78 is 9.68. The Kier molecular flexibility index (Phi) is 12.7. The highest BCUT2D eigenvalue weighted by atomic mass is 16.5. The average molecular weight is 911 g/mol. The number of hydrogen-bond acceptors (Lipinski definition) is 8. The minimum Gasteiger partial charge on any atom is -0.453 e. The van der Waals surface area contributed by atoms with E-state index in [2.05, 4.69) is 96.0 Å². The van der Waals surface area contributed by atoms with E-state index in [0.29, 0.717) is 30.8 Å². The first kappa shape index (κ1) is 46.0. The molecule has 4 heterocycles. The summed E-state index contributed by atoms with van der Waals surface area (Å²) in [5.41, 5.74) is 11.6. The van der Waals surface area contributed by atoms with Crippen molar-refractivity contribution in [2.75, 3.05) is 27.3 Å². The molecule has 3 unspecified atom stereocenters. The SMILES string of the molecule is COC(=O)N[C@H](C(=O)N1C[C@@H](C)C[C@H]1c1ncc(-c2ccc(-c3ccc(-c4ccc5nc([C@@H]6C[C@H](C)CN6C(=O)[C@@H](NC(=O)OC)C(C)C)[nH]c5c4)c4c3C3CCC4CC3C)cc2)[nH]1)C(C)C. The Morgan fingerprint density at radius 1 is 0.672 bits per heavy atom. The summed E-state index contributed by atoms with van der Waals surface area (Å²) >= 11 is 0. The molecule has 9 atom stereocenters. The zero-order valence-corrected chi connectivity index (χ0v) is 40.3. The van der Waals surface area contributed by atoms with Gasteiger partial charge < -0.3 is 39.9 Å². The van der Waals surface area contributed by atoms with Crippen molar-refractivity contribution in [1.82, 2.24) is 40.4 Å². The molecule has 10 rings (SSSR count). The molecule has 3 aromatic carbocycles. The molecule has 0 radical (unpaired) electrons. The summed E-state index contributed by atoms with van der Waals surface area (Å²) in [6.07, 6.45) is 5.73. The molecule has 5 aromatic rings. The maximum absolute atomic E-state index is 14.0. The lowest BCUT2D eigenvalue weighted by molar-refractivity contribution is -0.136. The zero-order valence-electron chi connectivity index (χ0n) is 40.3. The van der Waals surface area contributed by atoms with E-state index in [1.54, 1.807) is 0 Å². The second-order valence-electron chi connectivity index (χ2n) is 20.6. The Balaban J connectivity index is 0.986. The fourth-order valence-electron chi connectivity index (χ4n) is 11.8. The molecule has 3 aliphatic carbocycles. The number of methoxy groups -OCH3 is 2. The van der Waals surface area contributed by atoms with Crippen LogP contribution in [0.1, 0.15) is 127 Å². The average Bonchev–Trinajstić information content (AvgIpc) is 4.14. The number of carbonyl (C=O) groups is 4. The van der Waals surface area contributed by atoms with Crippen LogP contribution in [0.3, 0.4) is 0 Å². The molecule has 4 amide bonds. The van der Waals surface area contributed by atoms with Crippen LogP contribution in [-0.2, 0) is 19.1 Å². The topological polar surface area (TPSA) is 175 Å². The molecule has 14 nitrogen and oxygen atoms in total. The first-order valence-electron chi connectivity index (χ1n) is 24.3. The lowest BCUT2D eigenvalue weighted by atomic mass is 9.59. The Hall–Kier alpha value is -6.18. The van der Waals surface area contributed by atoms with E-state index in [-0.39, 0.29) is 47.6 Å². The van der Waals surface area contributed by atoms with Gasteiger partial charge in [0.1, 0.15) is 23.7 Å². The highest BCUT2D eigenvalue weighted by Gasteiger charge is 2.43. The van der Waals surface area contributed by atoms with Crippen molar-refractivity contribution in [1.29, 1.82) is 0 Å². The molecular weight excluding hydrogens is 845 g/mol. The first-order chi connectivity index (χ1) is 32.1. The zero-order chi connectivity index (χ0) is 47.4. The van der Waals surface area contributed by atoms with E-state index in [1.165, 1.54) is 61.3 Å². The number of ether oxygens (including phenoxy) is 2. The summed E-state index contributed by atoms with van der Waals surface area (Å²) in [6, 6.07) is 18.1. The lowest BCUT2D eigenvalue weighted by Gasteiger charge is -2.45. The predicted octanol–water partition coefficient (Wildman–Crippen LogP) is 9.87. The summed E-state index contributed by atoms with van der Waals surface area (Å²) in [5, 5.41) is 5.51. The maximum Gasteiger partial charge on any atom is 0.407 e. The normalized spacial score (nSPS) is 24.3. The number of alkyl carbamates (subject to hydrolysis) is 2. The Labute approximate surface area is 393 Å². The van der Waals surface area contributed by atoms with Gasteiger partial charge in [-0.15, -0.1) is 0 Å². The molecule has 14 heteroatoms. The minimum absolute atomic E-state index is 0.114. The van der Waals surface area contributed by atoms with Crippen LogP contribution in [0, 0.1) is 29.6 Å². The third-order valence-corrected chi connectivity index (χ3v) is 15.1. The predicted molar refractivity (Wildman–Crippen MR) is 258 cm³/mol. The van der Waals surface area contributed by atoms with Crippen LogP contribution < -0.4 is 10.6 Å². The molecule has 5 aliphatic rings. The van der Waals surface area contributed by atoms with Crippen molar-refractivity contribution in [3.63, 3.8) is 0 Å². The molecule has 2 aliphatic heterocycles. The van der Waals surface area contributed by atoms with Crippen LogP contribution >= 0.6 is 0 Å². The highest BCUT2D eigenvalue weighted by molar-refractivity contribution is 5.89. The van der Waals surface area contributed by atoms with E-state index in [1.807, 2.05) is 43.7 Å². The van der Waals surface area contributed by atoms with Crippen molar-refractivity contribution in [3.05, 3.63) is 83.6 Å². The smallest absolute Gasteiger partial charge is 0.407 e. The van der Waals surface area contributed by atoms with Crippen molar-refractivity contribution in [2.24, 2.45) is 29.6 Å². The van der Waals surface area contributed by atoms with Gasteiger partial charge in [0.2, 0.25) is 11.8 Å². The molecule has 2 bridgehead atoms. The van der Waals surface area contributed by atoms with Crippen LogP contribution in [0.15, 0.2) is 60.8 Å². The third-order valence-electron chi connectivity index (χ3n) is 15.1. The fraction of sp³-hybridized carbons (Fsp3) is 0.509. The number of aromatic amines is 2. The molecule has 0 spiro atoms. The highest BCUT2D eigenvalue weighted by Crippen LogP contribution is 2.57. The van der Waals surface area contributed by atoms with Gasteiger partial charge in [0.05, 0.1) is 49.2 Å². The lowest BCUT2D eigenvalue weighted by Crippen LogP contribution is -2.51. The van der Waals surface area contributed by atoms with Crippen LogP contribution in [0.2, 0.25) is 0 Å². The number of benzene rings is 3.